The maximum absolute atomic E-state index is 12.6. The molecule has 0 atom stereocenters. The summed E-state index contributed by atoms with van der Waals surface area (Å²) in [5, 5.41) is 2.55. The van der Waals surface area contributed by atoms with E-state index in [1.807, 2.05) is 0 Å². The monoisotopic (exact) mass is 293 g/mol. The number of alkyl halides is 3. The molecule has 20 heavy (non-hydrogen) atoms. The highest BCUT2D eigenvalue weighted by atomic mass is 19.4. The van der Waals surface area contributed by atoms with Gasteiger partial charge in [0.1, 0.15) is 11.5 Å². The van der Waals surface area contributed by atoms with Gasteiger partial charge < -0.3 is 20.5 Å². The van der Waals surface area contributed by atoms with Gasteiger partial charge in [-0.2, -0.15) is 13.2 Å². The number of nitrogens with two attached hydrogens (primary N) is 1. The highest BCUT2D eigenvalue weighted by molar-refractivity contribution is 5.97. The molecule has 6 nitrogen and oxygen atoms in total. The number of halogens is 3. The van der Waals surface area contributed by atoms with E-state index in [1.165, 1.54) is 14.2 Å². The molecular formula is C11H14F3N3O3. The van der Waals surface area contributed by atoms with Crippen LogP contribution in [0, 0.1) is 0 Å². The second-order valence-electron chi connectivity index (χ2n) is 3.74. The maximum Gasteiger partial charge on any atom is 0.433 e. The number of methoxy groups -OCH3 is 2. The number of hydrogen-bond donors (Lipinski definition) is 2. The summed E-state index contributed by atoms with van der Waals surface area (Å²) in [5.74, 6) is -1.16. The van der Waals surface area contributed by atoms with Crippen LogP contribution < -0.4 is 11.1 Å². The summed E-state index contributed by atoms with van der Waals surface area (Å²) in [6.45, 7) is 0.00158. The van der Waals surface area contributed by atoms with Crippen LogP contribution in [0.15, 0.2) is 12.1 Å². The van der Waals surface area contributed by atoms with Gasteiger partial charge in [0.2, 0.25) is 0 Å². The standard InChI is InChI=1S/C11H14F3N3O3/c1-19-8(20-2)5-16-10-6(9(15)18)3-4-7(17-10)11(12,13)14/h3-4,8H,5H2,1-2H3,(H2,15,18)(H,16,17). The number of nitrogens with zero attached hydrogens (tertiary/aromatic N) is 1. The van der Waals surface area contributed by atoms with E-state index in [0.29, 0.717) is 6.07 Å². The van der Waals surface area contributed by atoms with Gasteiger partial charge in [-0.05, 0) is 12.1 Å². The molecule has 0 unspecified atom stereocenters. The molecule has 112 valence electrons. The van der Waals surface area contributed by atoms with E-state index in [1.54, 1.807) is 0 Å². The summed E-state index contributed by atoms with van der Waals surface area (Å²) in [6.07, 6.45) is -5.32. The first kappa shape index (κ1) is 16.2. The molecule has 0 saturated carbocycles. The number of primary amides is 1. The van der Waals surface area contributed by atoms with Gasteiger partial charge in [0, 0.05) is 14.2 Å². The predicted molar refractivity (Wildman–Crippen MR) is 64.1 cm³/mol. The highest BCUT2D eigenvalue weighted by Crippen LogP contribution is 2.29. The van der Waals surface area contributed by atoms with Gasteiger partial charge in [-0.3, -0.25) is 4.79 Å². The number of aromatic nitrogens is 1. The fourth-order valence-electron chi connectivity index (χ4n) is 1.39. The Morgan fingerprint density at radius 3 is 2.45 bits per heavy atom. The molecule has 0 fully saturated rings. The quantitative estimate of drug-likeness (QED) is 0.770. The van der Waals surface area contributed by atoms with Gasteiger partial charge in [0.05, 0.1) is 12.1 Å². The van der Waals surface area contributed by atoms with Crippen molar-refractivity contribution in [3.8, 4) is 0 Å². The molecule has 9 heteroatoms. The average Bonchev–Trinajstić information content (AvgIpc) is 2.38. The number of amides is 1. The molecule has 1 aromatic heterocycles. The number of pyridine rings is 1. The van der Waals surface area contributed by atoms with Gasteiger partial charge in [-0.15, -0.1) is 0 Å². The van der Waals surface area contributed by atoms with E-state index in [-0.39, 0.29) is 17.9 Å². The Kier molecular flexibility index (Phi) is 5.28. The molecule has 0 aliphatic carbocycles. The van der Waals surface area contributed by atoms with E-state index in [4.69, 9.17) is 15.2 Å². The van der Waals surface area contributed by atoms with Crippen molar-refractivity contribution >= 4 is 11.7 Å². The van der Waals surface area contributed by atoms with Crippen molar-refractivity contribution in [1.29, 1.82) is 0 Å². The number of ether oxygens (including phenoxy) is 2. The lowest BCUT2D eigenvalue weighted by atomic mass is 10.2. The van der Waals surface area contributed by atoms with Crippen LogP contribution in [0.1, 0.15) is 16.1 Å². The molecule has 1 amide bonds. The van der Waals surface area contributed by atoms with Crippen LogP contribution in [0.5, 0.6) is 0 Å². The Balaban J connectivity index is 3.03. The van der Waals surface area contributed by atoms with E-state index in [9.17, 15) is 18.0 Å². The number of anilines is 1. The molecule has 1 rings (SSSR count). The molecule has 0 aliphatic rings. The average molecular weight is 293 g/mol. The zero-order valence-corrected chi connectivity index (χ0v) is 10.8. The SMILES string of the molecule is COC(CNc1nc(C(F)(F)F)ccc1C(N)=O)OC. The van der Waals surface area contributed by atoms with Crippen LogP contribution in [-0.4, -0.2) is 37.9 Å². The molecule has 0 aromatic carbocycles. The van der Waals surface area contributed by atoms with Crippen LogP contribution in [-0.2, 0) is 15.7 Å². The number of carbonyl (C=O) groups is 1. The summed E-state index contributed by atoms with van der Waals surface area (Å²) < 4.78 is 47.5. The summed E-state index contributed by atoms with van der Waals surface area (Å²) in [4.78, 5) is 14.5. The van der Waals surface area contributed by atoms with Crippen molar-refractivity contribution in [2.75, 3.05) is 26.1 Å². The maximum atomic E-state index is 12.6. The van der Waals surface area contributed by atoms with Crippen molar-refractivity contribution in [1.82, 2.24) is 4.98 Å². The largest absolute Gasteiger partial charge is 0.433 e. The van der Waals surface area contributed by atoms with Crippen molar-refractivity contribution in [3.63, 3.8) is 0 Å². The lowest BCUT2D eigenvalue weighted by molar-refractivity contribution is -0.141. The number of nitrogens with one attached hydrogen (secondary N) is 1. The zero-order valence-electron chi connectivity index (χ0n) is 10.8. The lowest BCUT2D eigenvalue weighted by Gasteiger charge is -2.16. The fraction of sp³-hybridized carbons (Fsp3) is 0.455. The first-order valence-electron chi connectivity index (χ1n) is 5.47. The molecule has 0 radical (unpaired) electrons. The summed E-state index contributed by atoms with van der Waals surface area (Å²) in [7, 11) is 2.73. The first-order chi connectivity index (χ1) is 9.29. The molecular weight excluding hydrogens is 279 g/mol. The molecule has 3 N–H and O–H groups in total. The molecule has 1 aromatic rings. The molecule has 1 heterocycles. The number of rotatable bonds is 6. The molecule has 0 aliphatic heterocycles. The predicted octanol–water partition coefficient (Wildman–Crippen LogP) is 1.23. The van der Waals surface area contributed by atoms with Gasteiger partial charge in [-0.25, -0.2) is 4.98 Å². The normalized spacial score (nSPS) is 11.7. The van der Waals surface area contributed by atoms with Crippen molar-refractivity contribution in [2.45, 2.75) is 12.5 Å². The topological polar surface area (TPSA) is 86.5 Å². The third-order valence-electron chi connectivity index (χ3n) is 2.41. The number of carbonyl (C=O) groups excluding carboxylic acids is 1. The first-order valence-corrected chi connectivity index (χ1v) is 5.47. The smallest absolute Gasteiger partial charge is 0.365 e. The Morgan fingerprint density at radius 1 is 1.40 bits per heavy atom. The van der Waals surface area contributed by atoms with Gasteiger partial charge in [0.25, 0.3) is 5.91 Å². The second kappa shape index (κ2) is 6.53. The van der Waals surface area contributed by atoms with E-state index >= 15 is 0 Å². The second-order valence-corrected chi connectivity index (χ2v) is 3.74. The fourth-order valence-corrected chi connectivity index (χ4v) is 1.39. The number of hydrogen-bond acceptors (Lipinski definition) is 5. The molecule has 0 bridgehead atoms. The van der Waals surface area contributed by atoms with E-state index in [0.717, 1.165) is 6.07 Å². The summed E-state index contributed by atoms with van der Waals surface area (Å²) in [6, 6.07) is 1.66. The Bertz CT molecular complexity index is 476. The summed E-state index contributed by atoms with van der Waals surface area (Å²) >= 11 is 0. The highest BCUT2D eigenvalue weighted by Gasteiger charge is 2.33. The van der Waals surface area contributed by atoms with Crippen LogP contribution in [0.25, 0.3) is 0 Å². The van der Waals surface area contributed by atoms with E-state index in [2.05, 4.69) is 10.3 Å². The molecule has 0 saturated heterocycles. The van der Waals surface area contributed by atoms with Crippen LogP contribution in [0.4, 0.5) is 19.0 Å². The van der Waals surface area contributed by atoms with Gasteiger partial charge >= 0.3 is 6.18 Å². The zero-order chi connectivity index (χ0) is 15.3. The van der Waals surface area contributed by atoms with Gasteiger partial charge in [-0.1, -0.05) is 0 Å². The Morgan fingerprint density at radius 2 is 2.00 bits per heavy atom. The van der Waals surface area contributed by atoms with Crippen LogP contribution in [0.2, 0.25) is 0 Å². The minimum Gasteiger partial charge on any atom is -0.365 e. The Hall–Kier alpha value is -1.87. The third-order valence-corrected chi connectivity index (χ3v) is 2.41. The van der Waals surface area contributed by atoms with E-state index < -0.39 is 24.1 Å². The third kappa shape index (κ3) is 4.07. The minimum absolute atomic E-state index is 0.00158. The Labute approximate surface area is 113 Å². The van der Waals surface area contributed by atoms with Crippen molar-refractivity contribution in [3.05, 3.63) is 23.4 Å². The van der Waals surface area contributed by atoms with Crippen molar-refractivity contribution in [2.24, 2.45) is 5.73 Å². The minimum atomic E-state index is -4.62. The van der Waals surface area contributed by atoms with Crippen LogP contribution in [0.3, 0.4) is 0 Å². The lowest BCUT2D eigenvalue weighted by Crippen LogP contribution is -2.26. The summed E-state index contributed by atoms with van der Waals surface area (Å²) in [5.41, 5.74) is 3.80. The molecule has 0 spiro atoms. The van der Waals surface area contributed by atoms with Crippen molar-refractivity contribution < 1.29 is 27.4 Å². The van der Waals surface area contributed by atoms with Gasteiger partial charge in [0.15, 0.2) is 6.29 Å². The van der Waals surface area contributed by atoms with Crippen LogP contribution >= 0.6 is 0 Å².